The van der Waals surface area contributed by atoms with Crippen molar-refractivity contribution in [2.75, 3.05) is 18.5 Å². The SMILES string of the molecule is Cc1ccc(C)c(OCC(=O)OCC(=O)Nc2c(Cl)cc(Cl)cc2Cl)c1. The second-order valence-electron chi connectivity index (χ2n) is 5.51. The minimum atomic E-state index is -0.672. The van der Waals surface area contributed by atoms with Gasteiger partial charge in [-0.15, -0.1) is 0 Å². The molecule has 0 aromatic heterocycles. The van der Waals surface area contributed by atoms with Crippen LogP contribution in [0.2, 0.25) is 15.1 Å². The number of anilines is 1. The van der Waals surface area contributed by atoms with Gasteiger partial charge < -0.3 is 14.8 Å². The highest BCUT2D eigenvalue weighted by molar-refractivity contribution is 6.42. The lowest BCUT2D eigenvalue weighted by Crippen LogP contribution is -2.24. The van der Waals surface area contributed by atoms with E-state index in [0.717, 1.165) is 11.1 Å². The first kappa shape index (κ1) is 20.4. The Kier molecular flexibility index (Phi) is 7.14. The zero-order chi connectivity index (χ0) is 19.3. The van der Waals surface area contributed by atoms with Crippen LogP contribution in [0.15, 0.2) is 30.3 Å². The van der Waals surface area contributed by atoms with Crippen LogP contribution in [0.4, 0.5) is 5.69 Å². The summed E-state index contributed by atoms with van der Waals surface area (Å²) in [5, 5.41) is 3.17. The number of esters is 1. The molecule has 0 aliphatic heterocycles. The maximum absolute atomic E-state index is 11.9. The molecule has 0 aliphatic carbocycles. The molecule has 0 aliphatic rings. The molecule has 1 amide bonds. The third-order valence-electron chi connectivity index (χ3n) is 3.32. The number of carbonyl (C=O) groups excluding carboxylic acids is 2. The monoisotopic (exact) mass is 415 g/mol. The van der Waals surface area contributed by atoms with E-state index < -0.39 is 18.5 Å². The zero-order valence-electron chi connectivity index (χ0n) is 14.1. The van der Waals surface area contributed by atoms with E-state index in [2.05, 4.69) is 5.32 Å². The van der Waals surface area contributed by atoms with Crippen molar-refractivity contribution in [1.82, 2.24) is 0 Å². The Morgan fingerprint density at radius 2 is 1.65 bits per heavy atom. The molecule has 26 heavy (non-hydrogen) atoms. The van der Waals surface area contributed by atoms with E-state index in [0.29, 0.717) is 10.8 Å². The van der Waals surface area contributed by atoms with Gasteiger partial charge in [-0.2, -0.15) is 0 Å². The predicted molar refractivity (Wildman–Crippen MR) is 102 cm³/mol. The van der Waals surface area contributed by atoms with Crippen LogP contribution in [0.3, 0.4) is 0 Å². The number of hydrogen-bond donors (Lipinski definition) is 1. The fourth-order valence-corrected chi connectivity index (χ4v) is 2.94. The first-order valence-electron chi connectivity index (χ1n) is 7.56. The number of aryl methyl sites for hydroxylation is 2. The summed E-state index contributed by atoms with van der Waals surface area (Å²) in [6, 6.07) is 8.53. The first-order valence-corrected chi connectivity index (χ1v) is 8.69. The molecule has 0 fully saturated rings. The van der Waals surface area contributed by atoms with Crippen LogP contribution in [-0.4, -0.2) is 25.1 Å². The smallest absolute Gasteiger partial charge is 0.344 e. The van der Waals surface area contributed by atoms with Gasteiger partial charge in [-0.3, -0.25) is 4.79 Å². The van der Waals surface area contributed by atoms with Gasteiger partial charge in [-0.25, -0.2) is 4.79 Å². The minimum Gasteiger partial charge on any atom is -0.482 e. The number of carbonyl (C=O) groups is 2. The van der Waals surface area contributed by atoms with Crippen molar-refractivity contribution in [3.63, 3.8) is 0 Å². The predicted octanol–water partition coefficient (Wildman–Crippen LogP) is 4.82. The quantitative estimate of drug-likeness (QED) is 0.685. The molecule has 2 aromatic carbocycles. The molecule has 0 atom stereocenters. The summed E-state index contributed by atoms with van der Waals surface area (Å²) < 4.78 is 10.3. The summed E-state index contributed by atoms with van der Waals surface area (Å²) in [4.78, 5) is 23.7. The average molecular weight is 417 g/mol. The van der Waals surface area contributed by atoms with Gasteiger partial charge in [0.15, 0.2) is 13.2 Å². The molecule has 2 aromatic rings. The van der Waals surface area contributed by atoms with E-state index in [1.54, 1.807) is 0 Å². The number of amides is 1. The number of ether oxygens (including phenoxy) is 2. The van der Waals surface area contributed by atoms with Crippen LogP contribution in [-0.2, 0) is 14.3 Å². The second-order valence-corrected chi connectivity index (χ2v) is 6.76. The van der Waals surface area contributed by atoms with Gasteiger partial charge in [0.05, 0.1) is 15.7 Å². The molecule has 0 unspecified atom stereocenters. The van der Waals surface area contributed by atoms with E-state index in [9.17, 15) is 9.59 Å². The summed E-state index contributed by atoms with van der Waals surface area (Å²) >= 11 is 17.8. The maximum Gasteiger partial charge on any atom is 0.344 e. The van der Waals surface area contributed by atoms with Crippen LogP contribution in [0.25, 0.3) is 0 Å². The van der Waals surface area contributed by atoms with Crippen molar-refractivity contribution < 1.29 is 19.1 Å². The van der Waals surface area contributed by atoms with Gasteiger partial charge in [-0.05, 0) is 43.2 Å². The van der Waals surface area contributed by atoms with E-state index in [1.807, 2.05) is 32.0 Å². The molecular formula is C18H16Cl3NO4. The Hall–Kier alpha value is -1.95. The fourth-order valence-electron chi connectivity index (χ4n) is 2.02. The van der Waals surface area contributed by atoms with Crippen LogP contribution in [0.5, 0.6) is 5.75 Å². The molecule has 5 nitrogen and oxygen atoms in total. The average Bonchev–Trinajstić information content (AvgIpc) is 2.57. The topological polar surface area (TPSA) is 64.6 Å². The van der Waals surface area contributed by atoms with Crippen molar-refractivity contribution in [2.24, 2.45) is 0 Å². The van der Waals surface area contributed by atoms with E-state index in [4.69, 9.17) is 44.3 Å². The molecule has 0 saturated carbocycles. The molecule has 0 radical (unpaired) electrons. The van der Waals surface area contributed by atoms with E-state index >= 15 is 0 Å². The van der Waals surface area contributed by atoms with Crippen LogP contribution in [0, 0.1) is 13.8 Å². The van der Waals surface area contributed by atoms with Crippen LogP contribution < -0.4 is 10.1 Å². The van der Waals surface area contributed by atoms with Crippen molar-refractivity contribution >= 4 is 52.4 Å². The normalized spacial score (nSPS) is 10.3. The standard InChI is InChI=1S/C18H16Cl3NO4/c1-10-3-4-11(2)15(5-10)25-9-17(24)26-8-16(23)22-18-13(20)6-12(19)7-14(18)21/h3-7H,8-9H2,1-2H3,(H,22,23). The number of halogens is 3. The van der Waals surface area contributed by atoms with Gasteiger partial charge in [0.1, 0.15) is 5.75 Å². The van der Waals surface area contributed by atoms with Crippen molar-refractivity contribution in [1.29, 1.82) is 0 Å². The number of benzene rings is 2. The lowest BCUT2D eigenvalue weighted by Gasteiger charge is -2.11. The summed E-state index contributed by atoms with van der Waals surface area (Å²) in [6.07, 6.45) is 0. The Balaban J connectivity index is 1.84. The highest BCUT2D eigenvalue weighted by Gasteiger charge is 2.14. The molecule has 2 rings (SSSR count). The largest absolute Gasteiger partial charge is 0.482 e. The molecule has 1 N–H and O–H groups in total. The molecule has 0 bridgehead atoms. The van der Waals surface area contributed by atoms with Gasteiger partial charge >= 0.3 is 5.97 Å². The Labute approximate surface area is 166 Å². The zero-order valence-corrected chi connectivity index (χ0v) is 16.3. The summed E-state index contributed by atoms with van der Waals surface area (Å²) in [7, 11) is 0. The molecule has 8 heteroatoms. The highest BCUT2D eigenvalue weighted by atomic mass is 35.5. The van der Waals surface area contributed by atoms with Gasteiger partial charge in [0, 0.05) is 5.02 Å². The van der Waals surface area contributed by atoms with Crippen molar-refractivity contribution in [2.45, 2.75) is 13.8 Å². The lowest BCUT2D eigenvalue weighted by molar-refractivity contribution is -0.149. The first-order chi connectivity index (χ1) is 12.3. The molecule has 138 valence electrons. The number of rotatable bonds is 6. The molecular weight excluding hydrogens is 401 g/mol. The maximum atomic E-state index is 11.9. The third kappa shape index (κ3) is 5.80. The summed E-state index contributed by atoms with van der Waals surface area (Å²) in [5.74, 6) is -0.670. The van der Waals surface area contributed by atoms with Crippen molar-refractivity contribution in [3.05, 3.63) is 56.5 Å². The number of nitrogens with one attached hydrogen (secondary N) is 1. The van der Waals surface area contributed by atoms with Crippen LogP contribution >= 0.6 is 34.8 Å². The molecule has 0 spiro atoms. The minimum absolute atomic E-state index is 0.181. The fraction of sp³-hybridized carbons (Fsp3) is 0.222. The van der Waals surface area contributed by atoms with Gasteiger partial charge in [-0.1, -0.05) is 46.9 Å². The molecule has 0 saturated heterocycles. The Morgan fingerprint density at radius 1 is 1.00 bits per heavy atom. The van der Waals surface area contributed by atoms with E-state index in [-0.39, 0.29) is 22.3 Å². The Bertz CT molecular complexity index is 816. The third-order valence-corrected chi connectivity index (χ3v) is 4.14. The van der Waals surface area contributed by atoms with Gasteiger partial charge in [0.25, 0.3) is 5.91 Å². The van der Waals surface area contributed by atoms with E-state index in [1.165, 1.54) is 12.1 Å². The molecule has 0 heterocycles. The summed E-state index contributed by atoms with van der Waals surface area (Å²) in [6.45, 7) is 2.99. The van der Waals surface area contributed by atoms with Gasteiger partial charge in [0.2, 0.25) is 0 Å². The number of hydrogen-bond acceptors (Lipinski definition) is 4. The lowest BCUT2D eigenvalue weighted by atomic mass is 10.1. The Morgan fingerprint density at radius 3 is 2.31 bits per heavy atom. The van der Waals surface area contributed by atoms with Crippen LogP contribution in [0.1, 0.15) is 11.1 Å². The summed E-state index contributed by atoms with van der Waals surface area (Å²) in [5.41, 5.74) is 2.11. The highest BCUT2D eigenvalue weighted by Crippen LogP contribution is 2.33. The second kappa shape index (κ2) is 9.12. The van der Waals surface area contributed by atoms with Crippen molar-refractivity contribution in [3.8, 4) is 5.75 Å².